The minimum absolute atomic E-state index is 0.275. The van der Waals surface area contributed by atoms with Gasteiger partial charge in [0.1, 0.15) is 5.82 Å². The van der Waals surface area contributed by atoms with Gasteiger partial charge in [-0.05, 0) is 38.2 Å². The standard InChI is InChI=1S/C14H23BFNO2S/c1-9(2)14(3,4)19-15(18-5)10-7-13(20-6)12(17)8-11(10)16/h7-9H,17H2,1-6H3. The lowest BCUT2D eigenvalue weighted by atomic mass is 9.76. The molecule has 0 unspecified atom stereocenters. The number of rotatable bonds is 6. The van der Waals surface area contributed by atoms with Crippen LogP contribution in [0.25, 0.3) is 0 Å². The van der Waals surface area contributed by atoms with Crippen LogP contribution in [-0.2, 0) is 9.31 Å². The van der Waals surface area contributed by atoms with Crippen LogP contribution in [0.4, 0.5) is 10.1 Å². The number of hydrogen-bond donors (Lipinski definition) is 1. The predicted octanol–water partition coefficient (Wildman–Crippen LogP) is 2.92. The average Bonchev–Trinajstić information content (AvgIpc) is 2.36. The van der Waals surface area contributed by atoms with Gasteiger partial charge in [-0.25, -0.2) is 4.39 Å². The normalized spacial score (nSPS) is 12.0. The van der Waals surface area contributed by atoms with Crippen LogP contribution in [0.2, 0.25) is 0 Å². The molecule has 1 aromatic rings. The maximum atomic E-state index is 14.1. The van der Waals surface area contributed by atoms with Crippen molar-refractivity contribution in [3.8, 4) is 0 Å². The van der Waals surface area contributed by atoms with E-state index in [2.05, 4.69) is 13.8 Å². The van der Waals surface area contributed by atoms with Crippen molar-refractivity contribution in [1.29, 1.82) is 0 Å². The van der Waals surface area contributed by atoms with E-state index in [0.717, 1.165) is 4.90 Å². The number of benzene rings is 1. The van der Waals surface area contributed by atoms with Gasteiger partial charge in [0.05, 0.1) is 5.60 Å². The third-order valence-electron chi connectivity index (χ3n) is 3.62. The van der Waals surface area contributed by atoms with Crippen molar-refractivity contribution in [2.45, 2.75) is 38.2 Å². The van der Waals surface area contributed by atoms with E-state index in [0.29, 0.717) is 11.2 Å². The molecule has 0 aromatic heterocycles. The van der Waals surface area contributed by atoms with E-state index < -0.39 is 18.5 Å². The highest BCUT2D eigenvalue weighted by Crippen LogP contribution is 2.25. The van der Waals surface area contributed by atoms with E-state index in [4.69, 9.17) is 15.0 Å². The van der Waals surface area contributed by atoms with E-state index in [1.807, 2.05) is 20.1 Å². The highest BCUT2D eigenvalue weighted by molar-refractivity contribution is 7.98. The molecule has 0 radical (unpaired) electrons. The van der Waals surface area contributed by atoms with Crippen LogP contribution in [0.3, 0.4) is 0 Å². The fraction of sp³-hybridized carbons (Fsp3) is 0.571. The van der Waals surface area contributed by atoms with Crippen LogP contribution in [-0.4, -0.2) is 26.1 Å². The Kier molecular flexibility index (Phi) is 5.92. The molecule has 20 heavy (non-hydrogen) atoms. The van der Waals surface area contributed by atoms with Crippen LogP contribution in [0, 0.1) is 11.7 Å². The van der Waals surface area contributed by atoms with Gasteiger partial charge in [0.25, 0.3) is 0 Å². The molecule has 0 saturated carbocycles. The van der Waals surface area contributed by atoms with Crippen molar-refractivity contribution in [1.82, 2.24) is 0 Å². The number of thioether (sulfide) groups is 1. The van der Waals surface area contributed by atoms with Crippen LogP contribution in [0.1, 0.15) is 27.7 Å². The van der Waals surface area contributed by atoms with Gasteiger partial charge in [0.15, 0.2) is 0 Å². The molecule has 0 aliphatic carbocycles. The molecule has 0 atom stereocenters. The topological polar surface area (TPSA) is 44.5 Å². The second kappa shape index (κ2) is 6.83. The molecular formula is C14H23BFNO2S. The summed E-state index contributed by atoms with van der Waals surface area (Å²) in [6.45, 7) is 8.04. The first-order valence-electron chi connectivity index (χ1n) is 6.56. The summed E-state index contributed by atoms with van der Waals surface area (Å²) in [7, 11) is 0.759. The van der Waals surface area contributed by atoms with Gasteiger partial charge < -0.3 is 15.0 Å². The Morgan fingerprint density at radius 3 is 2.40 bits per heavy atom. The Balaban J connectivity index is 3.13. The third-order valence-corrected chi connectivity index (χ3v) is 4.41. The SMILES string of the molecule is COB(OC(C)(C)C(C)C)c1cc(SC)c(N)cc1F. The Morgan fingerprint density at radius 2 is 1.95 bits per heavy atom. The van der Waals surface area contributed by atoms with Gasteiger partial charge in [-0.1, -0.05) is 13.8 Å². The van der Waals surface area contributed by atoms with Gasteiger partial charge in [-0.15, -0.1) is 11.8 Å². The summed E-state index contributed by atoms with van der Waals surface area (Å²) >= 11 is 1.47. The molecule has 0 spiro atoms. The summed E-state index contributed by atoms with van der Waals surface area (Å²) in [5.41, 5.74) is 6.16. The molecule has 0 bridgehead atoms. The highest BCUT2D eigenvalue weighted by Gasteiger charge is 2.34. The minimum atomic E-state index is -0.751. The molecule has 1 aromatic carbocycles. The average molecular weight is 299 g/mol. The molecule has 3 nitrogen and oxygen atoms in total. The van der Waals surface area contributed by atoms with E-state index in [1.54, 1.807) is 6.07 Å². The zero-order valence-electron chi connectivity index (χ0n) is 13.0. The molecule has 2 N–H and O–H groups in total. The van der Waals surface area contributed by atoms with E-state index >= 15 is 0 Å². The van der Waals surface area contributed by atoms with E-state index in [9.17, 15) is 4.39 Å². The lowest BCUT2D eigenvalue weighted by Gasteiger charge is -2.32. The number of anilines is 1. The van der Waals surface area contributed by atoms with Crippen LogP contribution in [0.15, 0.2) is 17.0 Å². The fourth-order valence-corrected chi connectivity index (χ4v) is 2.13. The van der Waals surface area contributed by atoms with Gasteiger partial charge >= 0.3 is 7.12 Å². The van der Waals surface area contributed by atoms with Crippen molar-refractivity contribution in [3.63, 3.8) is 0 Å². The molecule has 0 aliphatic rings. The molecule has 0 fully saturated rings. The van der Waals surface area contributed by atoms with Gasteiger partial charge in [-0.2, -0.15) is 0 Å². The first-order valence-corrected chi connectivity index (χ1v) is 7.79. The molecular weight excluding hydrogens is 276 g/mol. The maximum absolute atomic E-state index is 14.1. The Labute approximate surface area is 125 Å². The van der Waals surface area contributed by atoms with E-state index in [1.165, 1.54) is 24.9 Å². The van der Waals surface area contributed by atoms with Crippen molar-refractivity contribution >= 4 is 30.0 Å². The summed E-state index contributed by atoms with van der Waals surface area (Å²) < 4.78 is 25.4. The fourth-order valence-electron chi connectivity index (χ4n) is 1.59. The van der Waals surface area contributed by atoms with Crippen molar-refractivity contribution in [3.05, 3.63) is 17.9 Å². The third kappa shape index (κ3) is 3.90. The van der Waals surface area contributed by atoms with Crippen LogP contribution < -0.4 is 11.2 Å². The summed E-state index contributed by atoms with van der Waals surface area (Å²) in [4.78, 5) is 0.814. The maximum Gasteiger partial charge on any atom is 0.497 e. The Bertz CT molecular complexity index is 469. The largest absolute Gasteiger partial charge is 0.497 e. The molecule has 1 rings (SSSR count). The molecule has 0 heterocycles. The Hall–Kier alpha value is -0.715. The summed E-state index contributed by atoms with van der Waals surface area (Å²) in [6, 6.07) is 3.01. The number of halogens is 1. The van der Waals surface area contributed by atoms with E-state index in [-0.39, 0.29) is 5.92 Å². The molecule has 0 aliphatic heterocycles. The highest BCUT2D eigenvalue weighted by atomic mass is 32.2. The summed E-state index contributed by atoms with van der Waals surface area (Å²) in [5, 5.41) is 0. The quantitative estimate of drug-likeness (QED) is 0.498. The lowest BCUT2D eigenvalue weighted by molar-refractivity contribution is 0.0369. The first-order chi connectivity index (χ1) is 9.22. The Morgan fingerprint density at radius 1 is 1.35 bits per heavy atom. The molecule has 0 amide bonds. The van der Waals surface area contributed by atoms with Gasteiger partial charge in [0, 0.05) is 23.2 Å². The van der Waals surface area contributed by atoms with Gasteiger partial charge in [-0.3, -0.25) is 0 Å². The van der Waals surface area contributed by atoms with Crippen molar-refractivity contribution in [2.75, 3.05) is 19.1 Å². The lowest BCUT2D eigenvalue weighted by Crippen LogP contribution is -2.46. The first kappa shape index (κ1) is 17.3. The minimum Gasteiger partial charge on any atom is -0.410 e. The molecule has 112 valence electrons. The number of nitrogen functional groups attached to an aromatic ring is 1. The van der Waals surface area contributed by atoms with Crippen molar-refractivity contribution < 1.29 is 13.7 Å². The van der Waals surface area contributed by atoms with Crippen LogP contribution in [0.5, 0.6) is 0 Å². The summed E-state index contributed by atoms with van der Waals surface area (Å²) in [5.74, 6) is -0.135. The number of nitrogens with two attached hydrogens (primary N) is 1. The second-order valence-corrected chi connectivity index (χ2v) is 6.41. The monoisotopic (exact) mass is 299 g/mol. The summed E-state index contributed by atoms with van der Waals surface area (Å²) in [6.07, 6.45) is 1.90. The smallest absolute Gasteiger partial charge is 0.410 e. The molecule has 6 heteroatoms. The zero-order chi connectivity index (χ0) is 15.5. The van der Waals surface area contributed by atoms with Crippen LogP contribution >= 0.6 is 11.8 Å². The predicted molar refractivity (Wildman–Crippen MR) is 85.0 cm³/mol. The van der Waals surface area contributed by atoms with Crippen molar-refractivity contribution in [2.24, 2.45) is 5.92 Å². The second-order valence-electron chi connectivity index (χ2n) is 5.56. The molecule has 0 saturated heterocycles. The zero-order valence-corrected chi connectivity index (χ0v) is 13.8. The van der Waals surface area contributed by atoms with Gasteiger partial charge in [0.2, 0.25) is 0 Å². The number of hydrogen-bond acceptors (Lipinski definition) is 4.